The fraction of sp³-hybridized carbons (Fsp3) is 0. The molecular weight excluding hydrogens is 190 g/mol. The molecule has 3 nitrogen and oxygen atoms in total. The Morgan fingerprint density at radius 1 is 0.933 bits per heavy atom. The highest BCUT2D eigenvalue weighted by Crippen LogP contribution is 2.11. The highest BCUT2D eigenvalue weighted by atomic mass is 16.2. The predicted octanol–water partition coefficient (Wildman–Crippen LogP) is 1.51. The molecule has 1 amide bonds. The van der Waals surface area contributed by atoms with Crippen LogP contribution in [0.15, 0.2) is 48.5 Å². The Balaban J connectivity index is 0.000000195. The summed E-state index contributed by atoms with van der Waals surface area (Å²) in [5.74, 6) is -0.926. The van der Waals surface area contributed by atoms with E-state index in [4.69, 9.17) is 4.79 Å². The molecule has 0 aliphatic rings. The third-order valence-electron chi connectivity index (χ3n) is 1.77. The van der Waals surface area contributed by atoms with Crippen molar-refractivity contribution in [3.63, 3.8) is 0 Å². The minimum atomic E-state index is -0.926. The normalized spacial score (nSPS) is 8.80. The molecule has 2 rings (SSSR count). The maximum Gasteiger partial charge on any atom is 0.281 e. The molecule has 15 heavy (non-hydrogen) atoms. The van der Waals surface area contributed by atoms with Gasteiger partial charge < -0.3 is 5.73 Å². The van der Waals surface area contributed by atoms with Crippen LogP contribution in [0.5, 0.6) is 0 Å². The van der Waals surface area contributed by atoms with Gasteiger partial charge in [0.05, 0.1) is 0 Å². The van der Waals surface area contributed by atoms with Crippen LogP contribution < -0.4 is 5.73 Å². The van der Waals surface area contributed by atoms with Crippen molar-refractivity contribution >= 4 is 23.0 Å². The number of carbonyl (C=O) groups is 2. The SMILES string of the molecule is NC(=O)C=O.c1ccc2ccccc2c1. The molecule has 0 bridgehead atoms. The first kappa shape index (κ1) is 10.9. The number of rotatable bonds is 1. The lowest BCUT2D eigenvalue weighted by Gasteiger charge is -1.92. The molecule has 0 spiro atoms. The fourth-order valence-corrected chi connectivity index (χ4v) is 1.13. The Morgan fingerprint density at radius 3 is 1.40 bits per heavy atom. The number of hydrogen-bond acceptors (Lipinski definition) is 2. The largest absolute Gasteiger partial charge is 0.363 e. The van der Waals surface area contributed by atoms with E-state index >= 15 is 0 Å². The van der Waals surface area contributed by atoms with E-state index in [9.17, 15) is 4.79 Å². The Labute approximate surface area is 87.5 Å². The van der Waals surface area contributed by atoms with Gasteiger partial charge in [0, 0.05) is 0 Å². The summed E-state index contributed by atoms with van der Waals surface area (Å²) in [5.41, 5.74) is 4.28. The monoisotopic (exact) mass is 201 g/mol. The zero-order valence-corrected chi connectivity index (χ0v) is 8.09. The predicted molar refractivity (Wildman–Crippen MR) is 59.2 cm³/mol. The number of primary amides is 1. The average molecular weight is 201 g/mol. The summed E-state index contributed by atoms with van der Waals surface area (Å²) in [6.45, 7) is 0. The second-order valence-electron chi connectivity index (χ2n) is 2.87. The number of fused-ring (bicyclic) bond motifs is 1. The lowest BCUT2D eigenvalue weighted by atomic mass is 10.1. The molecule has 0 heterocycles. The van der Waals surface area contributed by atoms with Crippen LogP contribution in [0.1, 0.15) is 0 Å². The van der Waals surface area contributed by atoms with E-state index < -0.39 is 5.91 Å². The van der Waals surface area contributed by atoms with Gasteiger partial charge in [-0.2, -0.15) is 0 Å². The van der Waals surface area contributed by atoms with Gasteiger partial charge in [-0.25, -0.2) is 0 Å². The number of carbonyl (C=O) groups excluding carboxylic acids is 2. The van der Waals surface area contributed by atoms with E-state index in [1.807, 2.05) is 0 Å². The van der Waals surface area contributed by atoms with Gasteiger partial charge in [0.1, 0.15) is 0 Å². The van der Waals surface area contributed by atoms with Gasteiger partial charge in [0.2, 0.25) is 6.29 Å². The minimum absolute atomic E-state index is 0.0556. The summed E-state index contributed by atoms with van der Waals surface area (Å²) in [5, 5.41) is 2.62. The van der Waals surface area contributed by atoms with E-state index in [-0.39, 0.29) is 6.29 Å². The average Bonchev–Trinajstić information content (AvgIpc) is 2.30. The molecule has 0 aromatic heterocycles. The number of aldehydes is 1. The molecule has 76 valence electrons. The number of benzene rings is 2. The van der Waals surface area contributed by atoms with Gasteiger partial charge in [-0.15, -0.1) is 0 Å². The Kier molecular flexibility index (Phi) is 4.04. The van der Waals surface area contributed by atoms with E-state index in [2.05, 4.69) is 54.3 Å². The minimum Gasteiger partial charge on any atom is -0.363 e. The van der Waals surface area contributed by atoms with Crippen LogP contribution in [-0.2, 0) is 9.59 Å². The highest BCUT2D eigenvalue weighted by molar-refractivity contribution is 6.22. The third kappa shape index (κ3) is 3.60. The van der Waals surface area contributed by atoms with Crippen molar-refractivity contribution in [2.75, 3.05) is 0 Å². The van der Waals surface area contributed by atoms with Crippen LogP contribution in [-0.4, -0.2) is 12.2 Å². The number of hydrogen-bond donors (Lipinski definition) is 1. The van der Waals surface area contributed by atoms with Crippen molar-refractivity contribution < 1.29 is 9.59 Å². The molecule has 0 saturated heterocycles. The van der Waals surface area contributed by atoms with Crippen molar-refractivity contribution in [2.45, 2.75) is 0 Å². The fourth-order valence-electron chi connectivity index (χ4n) is 1.13. The number of nitrogens with two attached hydrogens (primary N) is 1. The lowest BCUT2D eigenvalue weighted by molar-refractivity contribution is -0.129. The molecular formula is C12H11NO2. The first-order chi connectivity index (χ1) is 7.24. The summed E-state index contributed by atoms with van der Waals surface area (Å²) in [4.78, 5) is 18.3. The Hall–Kier alpha value is -2.16. The molecule has 0 aliphatic heterocycles. The van der Waals surface area contributed by atoms with Crippen LogP contribution >= 0.6 is 0 Å². The molecule has 0 atom stereocenters. The third-order valence-corrected chi connectivity index (χ3v) is 1.77. The van der Waals surface area contributed by atoms with E-state index in [0.29, 0.717) is 0 Å². The maximum atomic E-state index is 9.22. The highest BCUT2D eigenvalue weighted by Gasteiger charge is 1.85. The van der Waals surface area contributed by atoms with Crippen molar-refractivity contribution in [3.8, 4) is 0 Å². The van der Waals surface area contributed by atoms with Crippen molar-refractivity contribution in [1.82, 2.24) is 0 Å². The molecule has 0 saturated carbocycles. The van der Waals surface area contributed by atoms with Crippen LogP contribution in [0.3, 0.4) is 0 Å². The maximum absolute atomic E-state index is 9.22. The second-order valence-corrected chi connectivity index (χ2v) is 2.87. The molecule has 2 aromatic rings. The quantitative estimate of drug-likeness (QED) is 0.561. The summed E-state index contributed by atoms with van der Waals surface area (Å²) < 4.78 is 0. The van der Waals surface area contributed by atoms with Crippen molar-refractivity contribution in [3.05, 3.63) is 48.5 Å². The topological polar surface area (TPSA) is 60.2 Å². The lowest BCUT2D eigenvalue weighted by Crippen LogP contribution is -2.10. The van der Waals surface area contributed by atoms with Gasteiger partial charge in [0.25, 0.3) is 5.91 Å². The Morgan fingerprint density at radius 2 is 1.20 bits per heavy atom. The first-order valence-corrected chi connectivity index (χ1v) is 4.42. The van der Waals surface area contributed by atoms with Gasteiger partial charge in [0.15, 0.2) is 0 Å². The van der Waals surface area contributed by atoms with E-state index in [0.717, 1.165) is 0 Å². The van der Waals surface area contributed by atoms with Gasteiger partial charge in [-0.1, -0.05) is 48.5 Å². The molecule has 0 radical (unpaired) electrons. The first-order valence-electron chi connectivity index (χ1n) is 4.42. The van der Waals surface area contributed by atoms with Gasteiger partial charge in [-0.05, 0) is 10.8 Å². The van der Waals surface area contributed by atoms with Crippen molar-refractivity contribution in [2.24, 2.45) is 5.73 Å². The van der Waals surface area contributed by atoms with E-state index in [1.54, 1.807) is 0 Å². The summed E-state index contributed by atoms with van der Waals surface area (Å²) in [6.07, 6.45) is 0.0556. The molecule has 3 heteroatoms. The molecule has 0 aliphatic carbocycles. The molecule has 2 aromatic carbocycles. The summed E-state index contributed by atoms with van der Waals surface area (Å²) in [6, 6.07) is 16.7. The van der Waals surface area contributed by atoms with Crippen LogP contribution in [0.4, 0.5) is 0 Å². The second kappa shape index (κ2) is 5.54. The summed E-state index contributed by atoms with van der Waals surface area (Å²) >= 11 is 0. The van der Waals surface area contributed by atoms with Gasteiger partial charge >= 0.3 is 0 Å². The van der Waals surface area contributed by atoms with Crippen LogP contribution in [0.2, 0.25) is 0 Å². The number of amides is 1. The molecule has 0 unspecified atom stereocenters. The Bertz CT molecular complexity index is 400. The molecule has 0 fully saturated rings. The molecule has 2 N–H and O–H groups in total. The van der Waals surface area contributed by atoms with Crippen molar-refractivity contribution in [1.29, 1.82) is 0 Å². The van der Waals surface area contributed by atoms with Crippen LogP contribution in [0, 0.1) is 0 Å². The zero-order valence-electron chi connectivity index (χ0n) is 8.09. The standard InChI is InChI=1S/C10H8.C2H3NO2/c1-2-6-10-8-4-3-7-9(10)5-1;3-2(5)1-4/h1-8H;1H,(H2,3,5). The summed E-state index contributed by atoms with van der Waals surface area (Å²) in [7, 11) is 0. The van der Waals surface area contributed by atoms with Crippen LogP contribution in [0.25, 0.3) is 10.8 Å². The zero-order chi connectivity index (χ0) is 11.1. The smallest absolute Gasteiger partial charge is 0.281 e. The van der Waals surface area contributed by atoms with Gasteiger partial charge in [-0.3, -0.25) is 9.59 Å². The van der Waals surface area contributed by atoms with E-state index in [1.165, 1.54) is 10.8 Å².